The van der Waals surface area contributed by atoms with Gasteiger partial charge in [-0.05, 0) is 37.3 Å². The van der Waals surface area contributed by atoms with E-state index in [1.54, 1.807) is 55.5 Å². The summed E-state index contributed by atoms with van der Waals surface area (Å²) in [7, 11) is 0. The van der Waals surface area contributed by atoms with Gasteiger partial charge < -0.3 is 5.32 Å². The van der Waals surface area contributed by atoms with E-state index in [0.717, 1.165) is 0 Å². The number of para-hydroxylation sites is 1. The van der Waals surface area contributed by atoms with Crippen molar-refractivity contribution in [1.82, 2.24) is 14.9 Å². The lowest BCUT2D eigenvalue weighted by molar-refractivity contribution is -0.120. The van der Waals surface area contributed by atoms with Gasteiger partial charge in [0.05, 0.1) is 21.8 Å². The lowest BCUT2D eigenvalue weighted by atomic mass is 10.2. The van der Waals surface area contributed by atoms with E-state index in [2.05, 4.69) is 16.9 Å². The van der Waals surface area contributed by atoms with Gasteiger partial charge in [0.25, 0.3) is 5.56 Å². The molecule has 3 rings (SSSR count). The number of thioether (sulfide) groups is 1. The molecule has 0 saturated carbocycles. The summed E-state index contributed by atoms with van der Waals surface area (Å²) in [4.78, 5) is 30.0. The first-order chi connectivity index (χ1) is 13.0. The second kappa shape index (κ2) is 8.41. The molecule has 0 aliphatic carbocycles. The molecule has 1 amide bonds. The van der Waals surface area contributed by atoms with E-state index in [1.165, 1.54) is 16.3 Å². The third-order valence-electron chi connectivity index (χ3n) is 3.88. The van der Waals surface area contributed by atoms with Crippen LogP contribution in [0.15, 0.2) is 71.1 Å². The van der Waals surface area contributed by atoms with E-state index in [0.29, 0.717) is 33.3 Å². The lowest BCUT2D eigenvalue weighted by Gasteiger charge is -2.16. The van der Waals surface area contributed by atoms with Crippen LogP contribution in [0, 0.1) is 0 Å². The summed E-state index contributed by atoms with van der Waals surface area (Å²) in [6.45, 7) is 5.75. The van der Waals surface area contributed by atoms with Gasteiger partial charge in [0.1, 0.15) is 0 Å². The Morgan fingerprint density at radius 2 is 2.11 bits per heavy atom. The maximum Gasteiger partial charge on any atom is 0.266 e. The van der Waals surface area contributed by atoms with Crippen LogP contribution in [0.4, 0.5) is 0 Å². The quantitative estimate of drug-likeness (QED) is 0.389. The molecule has 1 N–H and O–H groups in total. The third-order valence-corrected chi connectivity index (χ3v) is 5.17. The fourth-order valence-electron chi connectivity index (χ4n) is 2.56. The Morgan fingerprint density at radius 3 is 2.85 bits per heavy atom. The Morgan fingerprint density at radius 1 is 1.33 bits per heavy atom. The summed E-state index contributed by atoms with van der Waals surface area (Å²) in [5.74, 6) is -0.153. The number of fused-ring (bicyclic) bond motifs is 1. The van der Waals surface area contributed by atoms with Crippen LogP contribution in [-0.4, -0.2) is 27.3 Å². The number of carbonyl (C=O) groups is 1. The van der Waals surface area contributed by atoms with E-state index < -0.39 is 5.25 Å². The van der Waals surface area contributed by atoms with Crippen molar-refractivity contribution in [3.05, 3.63) is 76.6 Å². The number of aromatic nitrogens is 2. The minimum absolute atomic E-state index is 0.153. The fraction of sp³-hybridized carbons (Fsp3) is 0.150. The van der Waals surface area contributed by atoms with Gasteiger partial charge >= 0.3 is 0 Å². The molecule has 0 bridgehead atoms. The molecule has 1 aromatic heterocycles. The van der Waals surface area contributed by atoms with Crippen LogP contribution in [0.5, 0.6) is 0 Å². The highest BCUT2D eigenvalue weighted by molar-refractivity contribution is 8.00. The molecule has 0 aliphatic rings. The van der Waals surface area contributed by atoms with Gasteiger partial charge in [0.2, 0.25) is 5.91 Å². The topological polar surface area (TPSA) is 64.0 Å². The van der Waals surface area contributed by atoms with Crippen molar-refractivity contribution < 1.29 is 4.79 Å². The van der Waals surface area contributed by atoms with E-state index >= 15 is 0 Å². The number of nitrogens with one attached hydrogen (secondary N) is 1. The summed E-state index contributed by atoms with van der Waals surface area (Å²) < 4.78 is 1.50. The predicted octanol–water partition coefficient (Wildman–Crippen LogP) is 3.82. The Balaban J connectivity index is 2.12. The van der Waals surface area contributed by atoms with Crippen molar-refractivity contribution in [3.8, 4) is 5.69 Å². The highest BCUT2D eigenvalue weighted by Gasteiger charge is 2.20. The first-order valence-corrected chi connectivity index (χ1v) is 9.60. The molecule has 0 saturated heterocycles. The summed E-state index contributed by atoms with van der Waals surface area (Å²) in [5, 5.41) is 3.77. The molecule has 0 fully saturated rings. The molecule has 1 unspecified atom stereocenters. The zero-order valence-corrected chi connectivity index (χ0v) is 16.3. The summed E-state index contributed by atoms with van der Waals surface area (Å²) >= 11 is 7.34. The van der Waals surface area contributed by atoms with E-state index in [1.807, 2.05) is 6.07 Å². The van der Waals surface area contributed by atoms with Gasteiger partial charge in [0.15, 0.2) is 5.16 Å². The first kappa shape index (κ1) is 19.2. The van der Waals surface area contributed by atoms with Crippen molar-refractivity contribution in [2.75, 3.05) is 6.54 Å². The number of halogens is 1. The van der Waals surface area contributed by atoms with Crippen LogP contribution in [0.3, 0.4) is 0 Å². The zero-order chi connectivity index (χ0) is 19.4. The fourth-order valence-corrected chi connectivity index (χ4v) is 3.70. The molecule has 5 nitrogen and oxygen atoms in total. The highest BCUT2D eigenvalue weighted by Crippen LogP contribution is 2.26. The molecule has 0 radical (unpaired) electrons. The van der Waals surface area contributed by atoms with Gasteiger partial charge in [-0.2, -0.15) is 0 Å². The minimum atomic E-state index is -0.441. The average molecular weight is 400 g/mol. The molecule has 2 aromatic carbocycles. The van der Waals surface area contributed by atoms with E-state index in [9.17, 15) is 9.59 Å². The molecule has 1 atom stereocenters. The van der Waals surface area contributed by atoms with Crippen LogP contribution in [0.1, 0.15) is 6.92 Å². The number of rotatable bonds is 6. The Kier molecular flexibility index (Phi) is 5.98. The van der Waals surface area contributed by atoms with Gasteiger partial charge in [0, 0.05) is 11.6 Å². The molecule has 27 heavy (non-hydrogen) atoms. The molecule has 3 aromatic rings. The van der Waals surface area contributed by atoms with Gasteiger partial charge in [-0.15, -0.1) is 6.58 Å². The van der Waals surface area contributed by atoms with Crippen molar-refractivity contribution in [3.63, 3.8) is 0 Å². The smallest absolute Gasteiger partial charge is 0.266 e. The third kappa shape index (κ3) is 4.23. The average Bonchev–Trinajstić information content (AvgIpc) is 2.66. The zero-order valence-electron chi connectivity index (χ0n) is 14.7. The first-order valence-electron chi connectivity index (χ1n) is 8.34. The minimum Gasteiger partial charge on any atom is -0.352 e. The van der Waals surface area contributed by atoms with Gasteiger partial charge in [-0.3, -0.25) is 14.2 Å². The van der Waals surface area contributed by atoms with Crippen molar-refractivity contribution >= 4 is 40.2 Å². The molecule has 7 heteroatoms. The molecular formula is C20H18ClN3O2S. The summed E-state index contributed by atoms with van der Waals surface area (Å²) in [6, 6.07) is 14.1. The number of amides is 1. The maximum atomic E-state index is 13.1. The Bertz CT molecular complexity index is 1060. The second-order valence-electron chi connectivity index (χ2n) is 5.83. The SMILES string of the molecule is C=CCNC(=O)C(C)Sc1nc2ccccc2c(=O)n1-c1cccc(Cl)c1. The van der Waals surface area contributed by atoms with Crippen molar-refractivity contribution in [2.45, 2.75) is 17.3 Å². The van der Waals surface area contributed by atoms with E-state index in [4.69, 9.17) is 11.6 Å². The normalized spacial score (nSPS) is 11.9. The lowest BCUT2D eigenvalue weighted by Crippen LogP contribution is -2.32. The second-order valence-corrected chi connectivity index (χ2v) is 7.57. The van der Waals surface area contributed by atoms with Crippen LogP contribution in [0.25, 0.3) is 16.6 Å². The van der Waals surface area contributed by atoms with Crippen molar-refractivity contribution in [1.29, 1.82) is 0 Å². The standard InChI is InChI=1S/C20H18ClN3O2S/c1-3-11-22-18(25)13(2)27-20-23-17-10-5-4-9-16(17)19(26)24(20)15-8-6-7-14(21)12-15/h3-10,12-13H,1,11H2,2H3,(H,22,25). The van der Waals surface area contributed by atoms with Crippen LogP contribution >= 0.6 is 23.4 Å². The molecule has 0 spiro atoms. The summed E-state index contributed by atoms with van der Waals surface area (Å²) in [5.41, 5.74) is 0.984. The van der Waals surface area contributed by atoms with Crippen molar-refractivity contribution in [2.24, 2.45) is 0 Å². The van der Waals surface area contributed by atoms with Crippen LogP contribution in [-0.2, 0) is 4.79 Å². The highest BCUT2D eigenvalue weighted by atomic mass is 35.5. The number of nitrogens with zero attached hydrogens (tertiary/aromatic N) is 2. The predicted molar refractivity (Wildman–Crippen MR) is 111 cm³/mol. The summed E-state index contributed by atoms with van der Waals surface area (Å²) in [6.07, 6.45) is 1.62. The molecule has 1 heterocycles. The molecular weight excluding hydrogens is 382 g/mol. The largest absolute Gasteiger partial charge is 0.352 e. The Hall–Kier alpha value is -2.57. The molecule has 138 valence electrons. The van der Waals surface area contributed by atoms with Gasteiger partial charge in [-0.25, -0.2) is 4.98 Å². The number of carbonyl (C=O) groups excluding carboxylic acids is 1. The Labute approximate surface area is 166 Å². The number of benzene rings is 2. The van der Waals surface area contributed by atoms with Crippen LogP contribution in [0.2, 0.25) is 5.02 Å². The number of hydrogen-bond donors (Lipinski definition) is 1. The maximum absolute atomic E-state index is 13.1. The molecule has 0 aliphatic heterocycles. The monoisotopic (exact) mass is 399 g/mol. The van der Waals surface area contributed by atoms with E-state index in [-0.39, 0.29) is 11.5 Å². The van der Waals surface area contributed by atoms with Gasteiger partial charge in [-0.1, -0.05) is 47.6 Å². The van der Waals surface area contributed by atoms with Crippen LogP contribution < -0.4 is 10.9 Å². The number of hydrogen-bond acceptors (Lipinski definition) is 4.